The van der Waals surface area contributed by atoms with Crippen LogP contribution in [-0.2, 0) is 13.6 Å². The molecule has 0 unspecified atom stereocenters. The third-order valence-electron chi connectivity index (χ3n) is 6.46. The second kappa shape index (κ2) is 8.39. The number of benzene rings is 1. The van der Waals surface area contributed by atoms with Crippen LogP contribution in [0.5, 0.6) is 0 Å². The second-order valence-electron chi connectivity index (χ2n) is 8.75. The van der Waals surface area contributed by atoms with Gasteiger partial charge < -0.3 is 10.3 Å². The van der Waals surface area contributed by atoms with E-state index in [1.54, 1.807) is 12.3 Å². The molecule has 5 rings (SSSR count). The van der Waals surface area contributed by atoms with Crippen molar-refractivity contribution in [3.8, 4) is 28.5 Å². The van der Waals surface area contributed by atoms with Crippen molar-refractivity contribution in [1.82, 2.24) is 19.4 Å². The summed E-state index contributed by atoms with van der Waals surface area (Å²) in [6, 6.07) is 12.9. The summed E-state index contributed by atoms with van der Waals surface area (Å²) in [6.07, 6.45) is 4.67. The number of nitriles is 1. The average molecular weight is 441 g/mol. The molecule has 4 aromatic rings. The molecule has 6 nitrogen and oxygen atoms in total. The highest BCUT2D eigenvalue weighted by molar-refractivity contribution is 6.02. The lowest BCUT2D eigenvalue weighted by Crippen LogP contribution is -2.26. The Hall–Kier alpha value is -3.60. The van der Waals surface area contributed by atoms with E-state index in [2.05, 4.69) is 20.5 Å². The van der Waals surface area contributed by atoms with Crippen molar-refractivity contribution in [2.45, 2.75) is 25.9 Å². The third-order valence-corrected chi connectivity index (χ3v) is 6.46. The fraction of sp³-hybridized carbons (Fsp3) is 0.269. The van der Waals surface area contributed by atoms with Crippen LogP contribution in [0.15, 0.2) is 48.8 Å². The summed E-state index contributed by atoms with van der Waals surface area (Å²) in [5.41, 5.74) is 12.3. The first kappa shape index (κ1) is 21.3. The highest BCUT2D eigenvalue weighted by atomic mass is 19.1. The molecule has 2 N–H and O–H groups in total. The van der Waals surface area contributed by atoms with Gasteiger partial charge in [0.2, 0.25) is 0 Å². The Morgan fingerprint density at radius 2 is 1.97 bits per heavy atom. The normalized spacial score (nSPS) is 16.4. The van der Waals surface area contributed by atoms with Crippen molar-refractivity contribution < 1.29 is 4.39 Å². The Balaban J connectivity index is 1.71. The van der Waals surface area contributed by atoms with E-state index < -0.39 is 5.82 Å². The van der Waals surface area contributed by atoms with Gasteiger partial charge in [0.1, 0.15) is 11.9 Å². The molecular weight excluding hydrogens is 415 g/mol. The number of halogens is 1. The second-order valence-corrected chi connectivity index (χ2v) is 8.75. The molecule has 3 aromatic heterocycles. The Morgan fingerprint density at radius 1 is 1.15 bits per heavy atom. The Labute approximate surface area is 192 Å². The van der Waals surface area contributed by atoms with Crippen LogP contribution in [0.3, 0.4) is 0 Å². The van der Waals surface area contributed by atoms with Crippen molar-refractivity contribution in [2.75, 3.05) is 13.1 Å². The Bertz CT molecular complexity index is 1380. The van der Waals surface area contributed by atoms with Crippen molar-refractivity contribution >= 4 is 10.9 Å². The van der Waals surface area contributed by atoms with E-state index in [0.717, 1.165) is 65.2 Å². The number of aryl methyl sites for hydroxylation is 2. The molecule has 33 heavy (non-hydrogen) atoms. The maximum absolute atomic E-state index is 14.6. The lowest BCUT2D eigenvalue weighted by atomic mass is 9.96. The maximum Gasteiger partial charge on any atom is 0.141 e. The summed E-state index contributed by atoms with van der Waals surface area (Å²) in [6.45, 7) is 4.59. The van der Waals surface area contributed by atoms with Crippen LogP contribution in [0.25, 0.3) is 33.3 Å². The van der Waals surface area contributed by atoms with E-state index in [1.807, 2.05) is 38.4 Å². The van der Waals surface area contributed by atoms with Crippen molar-refractivity contribution in [2.24, 2.45) is 12.8 Å². The van der Waals surface area contributed by atoms with Gasteiger partial charge >= 0.3 is 0 Å². The van der Waals surface area contributed by atoms with E-state index >= 15 is 0 Å². The van der Waals surface area contributed by atoms with Gasteiger partial charge in [-0.25, -0.2) is 4.39 Å². The lowest BCUT2D eigenvalue weighted by molar-refractivity contribution is 0.319. The number of hydrogen-bond acceptors (Lipinski definition) is 5. The summed E-state index contributed by atoms with van der Waals surface area (Å²) < 4.78 is 16.8. The van der Waals surface area contributed by atoms with E-state index in [4.69, 9.17) is 10.7 Å². The molecule has 7 heteroatoms. The van der Waals surface area contributed by atoms with Gasteiger partial charge in [0, 0.05) is 66.8 Å². The molecule has 1 aliphatic rings. The molecule has 1 atom stereocenters. The highest BCUT2D eigenvalue weighted by Gasteiger charge is 2.22. The zero-order valence-electron chi connectivity index (χ0n) is 18.7. The largest absolute Gasteiger partial charge is 0.345 e. The van der Waals surface area contributed by atoms with Crippen LogP contribution >= 0.6 is 0 Å². The molecule has 0 radical (unpaired) electrons. The minimum absolute atomic E-state index is 0.0246. The van der Waals surface area contributed by atoms with Gasteiger partial charge in [0.15, 0.2) is 0 Å². The summed E-state index contributed by atoms with van der Waals surface area (Å²) in [5, 5.41) is 10.2. The molecule has 0 saturated carbocycles. The first-order chi connectivity index (χ1) is 15.9. The van der Waals surface area contributed by atoms with Crippen LogP contribution in [0.4, 0.5) is 4.39 Å². The topological polar surface area (TPSA) is 83.8 Å². The number of nitrogens with zero attached hydrogens (tertiary/aromatic N) is 5. The van der Waals surface area contributed by atoms with E-state index in [-0.39, 0.29) is 11.6 Å². The lowest BCUT2D eigenvalue weighted by Gasteiger charge is -2.15. The van der Waals surface area contributed by atoms with Crippen LogP contribution in [0.1, 0.15) is 23.4 Å². The fourth-order valence-corrected chi connectivity index (χ4v) is 4.61. The molecule has 1 fully saturated rings. The van der Waals surface area contributed by atoms with Crippen LogP contribution in [0, 0.1) is 24.1 Å². The molecular formula is C26H25FN6. The van der Waals surface area contributed by atoms with Crippen LogP contribution < -0.4 is 5.73 Å². The van der Waals surface area contributed by atoms with E-state index in [9.17, 15) is 9.65 Å². The summed E-state index contributed by atoms with van der Waals surface area (Å²) >= 11 is 0. The quantitative estimate of drug-likeness (QED) is 0.515. The zero-order valence-corrected chi connectivity index (χ0v) is 18.7. The van der Waals surface area contributed by atoms with Gasteiger partial charge in [-0.1, -0.05) is 6.07 Å². The number of fused-ring (bicyclic) bond motifs is 1. The van der Waals surface area contributed by atoms with Crippen molar-refractivity contribution in [1.29, 1.82) is 5.26 Å². The molecule has 0 amide bonds. The van der Waals surface area contributed by atoms with Gasteiger partial charge in [-0.15, -0.1) is 0 Å². The Kier molecular flexibility index (Phi) is 5.41. The molecule has 1 saturated heterocycles. The third kappa shape index (κ3) is 3.88. The average Bonchev–Trinajstić information content (AvgIpc) is 3.36. The fourth-order valence-electron chi connectivity index (χ4n) is 4.61. The molecule has 4 heterocycles. The first-order valence-corrected chi connectivity index (χ1v) is 11.0. The van der Waals surface area contributed by atoms with Crippen LogP contribution in [0.2, 0.25) is 0 Å². The van der Waals surface area contributed by atoms with Crippen LogP contribution in [-0.4, -0.2) is 38.6 Å². The summed E-state index contributed by atoms with van der Waals surface area (Å²) in [7, 11) is 2.03. The minimum atomic E-state index is -0.540. The smallest absolute Gasteiger partial charge is 0.141 e. The van der Waals surface area contributed by atoms with Gasteiger partial charge in [-0.2, -0.15) is 5.26 Å². The summed E-state index contributed by atoms with van der Waals surface area (Å²) in [4.78, 5) is 11.6. The maximum atomic E-state index is 14.6. The van der Waals surface area contributed by atoms with Gasteiger partial charge in [-0.3, -0.25) is 14.9 Å². The molecule has 0 bridgehead atoms. The van der Waals surface area contributed by atoms with Gasteiger partial charge in [0.25, 0.3) is 0 Å². The predicted molar refractivity (Wildman–Crippen MR) is 127 cm³/mol. The van der Waals surface area contributed by atoms with Gasteiger partial charge in [0.05, 0.1) is 23.0 Å². The molecule has 1 aliphatic heterocycles. The standard InChI is InChI=1S/C26H25FN6/c1-16-3-4-19(12-30-16)26-25(17-5-6-18(11-28)23(27)9-17)22-10-21(32(2)24(22)13-31-26)15-33-8-7-20(29)14-33/h3-6,9-10,12-13,20H,7-8,14-15,29H2,1-2H3/t20-/m0/s1. The number of nitrogens with two attached hydrogens (primary N) is 1. The summed E-state index contributed by atoms with van der Waals surface area (Å²) in [5.74, 6) is -0.540. The number of likely N-dealkylation sites (tertiary alicyclic amines) is 1. The number of hydrogen-bond donors (Lipinski definition) is 1. The molecule has 1 aromatic carbocycles. The monoisotopic (exact) mass is 440 g/mol. The first-order valence-electron chi connectivity index (χ1n) is 11.0. The molecule has 0 spiro atoms. The minimum Gasteiger partial charge on any atom is -0.345 e. The zero-order chi connectivity index (χ0) is 23.1. The van der Waals surface area contributed by atoms with E-state index in [0.29, 0.717) is 5.56 Å². The van der Waals surface area contributed by atoms with Crippen molar-refractivity contribution in [3.63, 3.8) is 0 Å². The molecule has 0 aliphatic carbocycles. The SMILES string of the molecule is Cc1ccc(-c2ncc3c(cc(CN4CC[C@H](N)C4)n3C)c2-c2ccc(C#N)c(F)c2)cn1. The van der Waals surface area contributed by atoms with E-state index in [1.165, 1.54) is 12.1 Å². The molecule has 166 valence electrons. The number of pyridine rings is 2. The predicted octanol–water partition coefficient (Wildman–Crippen LogP) is 4.15. The Morgan fingerprint density at radius 3 is 2.64 bits per heavy atom. The number of rotatable bonds is 4. The number of aromatic nitrogens is 3. The van der Waals surface area contributed by atoms with Gasteiger partial charge in [-0.05, 0) is 49.2 Å². The highest BCUT2D eigenvalue weighted by Crippen LogP contribution is 2.38. The van der Waals surface area contributed by atoms with Crippen molar-refractivity contribution in [3.05, 3.63) is 71.6 Å².